The molecule has 0 aliphatic heterocycles. The predicted octanol–water partition coefficient (Wildman–Crippen LogP) is -0.0500. The molecule has 2 N–H and O–H groups in total. The predicted molar refractivity (Wildman–Crippen MR) is 55.9 cm³/mol. The molecule has 0 saturated heterocycles. The lowest BCUT2D eigenvalue weighted by molar-refractivity contribution is 0.112. The van der Waals surface area contributed by atoms with E-state index in [-0.39, 0.29) is 5.46 Å². The zero-order valence-electron chi connectivity index (χ0n) is 7.40. The number of ether oxygens (including phenoxy) is 1. The van der Waals surface area contributed by atoms with Gasteiger partial charge in [-0.25, -0.2) is 0 Å². The maximum absolute atomic E-state index is 10.5. The molecule has 0 amide bonds. The van der Waals surface area contributed by atoms with Crippen LogP contribution in [0.15, 0.2) is 16.6 Å². The fourth-order valence-corrected chi connectivity index (χ4v) is 1.77. The van der Waals surface area contributed by atoms with Crippen molar-refractivity contribution in [3.05, 3.63) is 22.2 Å². The molecule has 6 heteroatoms. The van der Waals surface area contributed by atoms with E-state index in [9.17, 15) is 4.79 Å². The summed E-state index contributed by atoms with van der Waals surface area (Å²) in [5, 5.41) is 18.0. The lowest BCUT2D eigenvalue weighted by Gasteiger charge is -2.10. The fraction of sp³-hybridized carbons (Fsp3) is 0.125. The quantitative estimate of drug-likeness (QED) is 0.590. The minimum absolute atomic E-state index is 0.156. The number of methoxy groups -OCH3 is 1. The van der Waals surface area contributed by atoms with Crippen molar-refractivity contribution in [2.24, 2.45) is 0 Å². The van der Waals surface area contributed by atoms with E-state index in [1.165, 1.54) is 19.2 Å². The van der Waals surface area contributed by atoms with Gasteiger partial charge in [-0.05, 0) is 28.1 Å². The Labute approximate surface area is 89.8 Å². The van der Waals surface area contributed by atoms with E-state index in [0.717, 1.165) is 0 Å². The second kappa shape index (κ2) is 4.59. The maximum atomic E-state index is 10.5. The zero-order chi connectivity index (χ0) is 10.7. The summed E-state index contributed by atoms with van der Waals surface area (Å²) < 4.78 is 5.46. The minimum atomic E-state index is -1.67. The number of carbonyl (C=O) groups excluding carboxylic acids is 1. The minimum Gasteiger partial charge on any atom is -0.496 e. The Balaban J connectivity index is 3.35. The van der Waals surface area contributed by atoms with Crippen molar-refractivity contribution in [3.8, 4) is 5.75 Å². The Morgan fingerprint density at radius 3 is 2.57 bits per heavy atom. The lowest BCUT2D eigenvalue weighted by Crippen LogP contribution is -2.31. The van der Waals surface area contributed by atoms with Gasteiger partial charge in [0, 0.05) is 11.0 Å². The summed E-state index contributed by atoms with van der Waals surface area (Å²) in [6.07, 6.45) is 0.621. The average molecular weight is 259 g/mol. The van der Waals surface area contributed by atoms with Gasteiger partial charge in [0.25, 0.3) is 0 Å². The molecule has 14 heavy (non-hydrogen) atoms. The fourth-order valence-electron chi connectivity index (χ4n) is 1.11. The van der Waals surface area contributed by atoms with Gasteiger partial charge < -0.3 is 14.8 Å². The third-order valence-corrected chi connectivity index (χ3v) is 2.30. The lowest BCUT2D eigenvalue weighted by atomic mass is 9.79. The van der Waals surface area contributed by atoms with Crippen LogP contribution in [0, 0.1) is 0 Å². The topological polar surface area (TPSA) is 66.8 Å². The third-order valence-electron chi connectivity index (χ3n) is 1.71. The molecule has 0 atom stereocenters. The molecule has 0 saturated carbocycles. The van der Waals surface area contributed by atoms with Gasteiger partial charge >= 0.3 is 7.12 Å². The SMILES string of the molecule is COc1c(Br)cc(C=O)cc1B(O)O. The van der Waals surface area contributed by atoms with Gasteiger partial charge in [-0.2, -0.15) is 0 Å². The van der Waals surface area contributed by atoms with Crippen molar-refractivity contribution in [1.29, 1.82) is 0 Å². The molecule has 0 bridgehead atoms. The van der Waals surface area contributed by atoms with E-state index < -0.39 is 7.12 Å². The molecule has 74 valence electrons. The van der Waals surface area contributed by atoms with Gasteiger partial charge in [-0.15, -0.1) is 0 Å². The van der Waals surface area contributed by atoms with Crippen LogP contribution >= 0.6 is 15.9 Å². The van der Waals surface area contributed by atoms with Gasteiger partial charge in [-0.1, -0.05) is 0 Å². The van der Waals surface area contributed by atoms with Crippen molar-refractivity contribution in [1.82, 2.24) is 0 Å². The van der Waals surface area contributed by atoms with Crippen LogP contribution < -0.4 is 10.2 Å². The van der Waals surface area contributed by atoms with E-state index >= 15 is 0 Å². The van der Waals surface area contributed by atoms with Crippen molar-refractivity contribution < 1.29 is 19.6 Å². The molecule has 4 nitrogen and oxygen atoms in total. The summed E-state index contributed by atoms with van der Waals surface area (Å²) in [6, 6.07) is 2.90. The molecule has 0 fully saturated rings. The largest absolute Gasteiger partial charge is 0.496 e. The highest BCUT2D eigenvalue weighted by atomic mass is 79.9. The van der Waals surface area contributed by atoms with Crippen molar-refractivity contribution in [2.45, 2.75) is 0 Å². The highest BCUT2D eigenvalue weighted by molar-refractivity contribution is 9.10. The van der Waals surface area contributed by atoms with Crippen LogP contribution in [-0.2, 0) is 0 Å². The van der Waals surface area contributed by atoms with Crippen LogP contribution in [0.1, 0.15) is 10.4 Å². The third kappa shape index (κ3) is 2.15. The van der Waals surface area contributed by atoms with E-state index in [2.05, 4.69) is 15.9 Å². The summed E-state index contributed by atoms with van der Waals surface area (Å²) >= 11 is 3.16. The Morgan fingerprint density at radius 2 is 2.14 bits per heavy atom. The summed E-state index contributed by atoms with van der Waals surface area (Å²) in [5.74, 6) is 0.311. The van der Waals surface area contributed by atoms with Crippen LogP contribution in [0.25, 0.3) is 0 Å². The molecule has 0 radical (unpaired) electrons. The summed E-state index contributed by atoms with van der Waals surface area (Å²) in [4.78, 5) is 10.5. The number of carbonyl (C=O) groups is 1. The van der Waals surface area contributed by atoms with E-state index in [1.54, 1.807) is 0 Å². The highest BCUT2D eigenvalue weighted by Crippen LogP contribution is 2.23. The van der Waals surface area contributed by atoms with E-state index in [4.69, 9.17) is 14.8 Å². The average Bonchev–Trinajstić information content (AvgIpc) is 2.16. The van der Waals surface area contributed by atoms with Crippen LogP contribution in [-0.4, -0.2) is 30.6 Å². The normalized spacial score (nSPS) is 9.71. The molecular weight excluding hydrogens is 251 g/mol. The Bertz CT molecular complexity index is 353. The molecule has 0 heterocycles. The van der Waals surface area contributed by atoms with Crippen molar-refractivity contribution in [2.75, 3.05) is 7.11 Å². The first-order valence-electron chi connectivity index (χ1n) is 3.79. The number of aldehydes is 1. The van der Waals surface area contributed by atoms with Crippen LogP contribution in [0.4, 0.5) is 0 Å². The molecular formula is C8H8BBrO4. The van der Waals surface area contributed by atoms with Gasteiger partial charge in [0.2, 0.25) is 0 Å². The Morgan fingerprint density at radius 1 is 1.50 bits per heavy atom. The smallest absolute Gasteiger partial charge is 0.492 e. The second-order valence-corrected chi connectivity index (χ2v) is 3.47. The summed E-state index contributed by atoms with van der Waals surface area (Å²) in [7, 11) is -0.256. The first-order chi connectivity index (χ1) is 6.60. The van der Waals surface area contributed by atoms with Gasteiger partial charge in [-0.3, -0.25) is 4.79 Å². The highest BCUT2D eigenvalue weighted by Gasteiger charge is 2.20. The van der Waals surface area contributed by atoms with Gasteiger partial charge in [0.05, 0.1) is 11.6 Å². The van der Waals surface area contributed by atoms with Crippen LogP contribution in [0.2, 0.25) is 0 Å². The molecule has 0 aromatic heterocycles. The first kappa shape index (κ1) is 11.2. The molecule has 1 rings (SSSR count). The number of benzene rings is 1. The number of hydrogen-bond acceptors (Lipinski definition) is 4. The molecule has 1 aromatic carbocycles. The standard InChI is InChI=1S/C8H8BBrO4/c1-14-8-6(9(12)13)2-5(4-11)3-7(8)10/h2-4,12-13H,1H3. The molecule has 1 aromatic rings. The molecule has 0 aliphatic rings. The summed E-state index contributed by atoms with van der Waals surface area (Å²) in [5.41, 5.74) is 0.504. The Kier molecular flexibility index (Phi) is 3.68. The number of halogens is 1. The van der Waals surface area contributed by atoms with Crippen LogP contribution in [0.3, 0.4) is 0 Å². The van der Waals surface area contributed by atoms with Crippen molar-refractivity contribution >= 4 is 34.8 Å². The zero-order valence-corrected chi connectivity index (χ0v) is 8.98. The van der Waals surface area contributed by atoms with Crippen molar-refractivity contribution in [3.63, 3.8) is 0 Å². The van der Waals surface area contributed by atoms with E-state index in [0.29, 0.717) is 22.1 Å². The van der Waals surface area contributed by atoms with Gasteiger partial charge in [0.1, 0.15) is 12.0 Å². The number of hydrogen-bond donors (Lipinski definition) is 2. The molecule has 0 aliphatic carbocycles. The molecule has 0 unspecified atom stereocenters. The Hall–Kier alpha value is -0.845. The number of rotatable bonds is 3. The molecule has 0 spiro atoms. The monoisotopic (exact) mass is 258 g/mol. The van der Waals surface area contributed by atoms with E-state index in [1.807, 2.05) is 0 Å². The first-order valence-corrected chi connectivity index (χ1v) is 4.58. The summed E-state index contributed by atoms with van der Waals surface area (Å²) in [6.45, 7) is 0. The second-order valence-electron chi connectivity index (χ2n) is 2.62. The van der Waals surface area contributed by atoms with Gasteiger partial charge in [0.15, 0.2) is 0 Å². The van der Waals surface area contributed by atoms with Crippen LogP contribution in [0.5, 0.6) is 5.75 Å². The maximum Gasteiger partial charge on any atom is 0.492 e.